The van der Waals surface area contributed by atoms with Crippen LogP contribution in [0.2, 0.25) is 6.04 Å². The van der Waals surface area contributed by atoms with Gasteiger partial charge in [-0.05, 0) is 19.8 Å². The highest BCUT2D eigenvalue weighted by molar-refractivity contribution is 6.60. The van der Waals surface area contributed by atoms with Crippen LogP contribution in [0.4, 0.5) is 0 Å². The smallest absolute Gasteiger partial charge is 0.377 e. The lowest BCUT2D eigenvalue weighted by Gasteiger charge is -2.23. The van der Waals surface area contributed by atoms with Gasteiger partial charge in [-0.3, -0.25) is 4.99 Å². The standard InChI is InChI=1S/C11H25NO3Si/c1-6-8-11(2)12-9-7-10-16(13-3,14-4)15-5/h6-10H2,1-5H3. The number of rotatable bonds is 9. The quantitative estimate of drug-likeness (QED) is 0.357. The van der Waals surface area contributed by atoms with Gasteiger partial charge in [0, 0.05) is 39.6 Å². The molecule has 0 aromatic heterocycles. The average Bonchev–Trinajstić information content (AvgIpc) is 2.31. The Morgan fingerprint density at radius 1 is 1.12 bits per heavy atom. The molecule has 0 aromatic carbocycles. The van der Waals surface area contributed by atoms with E-state index in [1.54, 1.807) is 21.3 Å². The summed E-state index contributed by atoms with van der Waals surface area (Å²) in [5, 5.41) is 0. The monoisotopic (exact) mass is 247 g/mol. The number of hydrogen-bond acceptors (Lipinski definition) is 4. The maximum Gasteiger partial charge on any atom is 0.500 e. The second kappa shape index (κ2) is 8.87. The lowest BCUT2D eigenvalue weighted by molar-refractivity contribution is 0.123. The molecule has 5 heteroatoms. The maximum absolute atomic E-state index is 5.34. The van der Waals surface area contributed by atoms with Crippen LogP contribution in [0.15, 0.2) is 4.99 Å². The summed E-state index contributed by atoms with van der Waals surface area (Å²) in [5.41, 5.74) is 1.22. The van der Waals surface area contributed by atoms with Gasteiger partial charge in [0.1, 0.15) is 0 Å². The Morgan fingerprint density at radius 3 is 2.12 bits per heavy atom. The highest BCUT2D eigenvalue weighted by atomic mass is 28.4. The minimum absolute atomic E-state index is 0.819. The van der Waals surface area contributed by atoms with E-state index in [4.69, 9.17) is 13.3 Å². The first-order valence-electron chi connectivity index (χ1n) is 5.79. The van der Waals surface area contributed by atoms with Gasteiger partial charge in [0.05, 0.1) is 0 Å². The zero-order valence-electron chi connectivity index (χ0n) is 11.2. The lowest BCUT2D eigenvalue weighted by atomic mass is 10.2. The zero-order valence-corrected chi connectivity index (χ0v) is 12.2. The van der Waals surface area contributed by atoms with Crippen LogP contribution in [0.25, 0.3) is 0 Å². The molecule has 0 unspecified atom stereocenters. The van der Waals surface area contributed by atoms with Crippen LogP contribution in [0.3, 0.4) is 0 Å². The Hall–Kier alpha value is -0.233. The van der Waals surface area contributed by atoms with E-state index >= 15 is 0 Å². The third kappa shape index (κ3) is 5.74. The van der Waals surface area contributed by atoms with Crippen LogP contribution < -0.4 is 0 Å². The van der Waals surface area contributed by atoms with Crippen LogP contribution in [0, 0.1) is 0 Å². The molecule has 16 heavy (non-hydrogen) atoms. The van der Waals surface area contributed by atoms with E-state index in [-0.39, 0.29) is 0 Å². The second-order valence-corrected chi connectivity index (χ2v) is 6.86. The summed E-state index contributed by atoms with van der Waals surface area (Å²) in [6, 6.07) is 0.819. The summed E-state index contributed by atoms with van der Waals surface area (Å²) in [7, 11) is 2.55. The molecule has 0 radical (unpaired) electrons. The normalized spacial score (nSPS) is 13.2. The van der Waals surface area contributed by atoms with Gasteiger partial charge in [-0.15, -0.1) is 0 Å². The minimum atomic E-state index is -2.38. The minimum Gasteiger partial charge on any atom is -0.377 e. The van der Waals surface area contributed by atoms with Crippen LogP contribution in [0.5, 0.6) is 0 Å². The van der Waals surface area contributed by atoms with E-state index < -0.39 is 8.80 Å². The van der Waals surface area contributed by atoms with Crippen LogP contribution >= 0.6 is 0 Å². The third-order valence-electron chi connectivity index (χ3n) is 2.57. The Bertz CT molecular complexity index is 197. The molecule has 0 saturated heterocycles. The fourth-order valence-electron chi connectivity index (χ4n) is 1.56. The molecule has 0 spiro atoms. The molecular weight excluding hydrogens is 222 g/mol. The first kappa shape index (κ1) is 15.8. The Kier molecular flexibility index (Phi) is 8.74. The van der Waals surface area contributed by atoms with E-state index in [1.165, 1.54) is 5.71 Å². The zero-order chi connectivity index (χ0) is 12.4. The molecule has 0 aromatic rings. The van der Waals surface area contributed by atoms with Crippen molar-refractivity contribution in [2.45, 2.75) is 39.2 Å². The molecular formula is C11H25NO3Si. The molecule has 96 valence electrons. The van der Waals surface area contributed by atoms with Crippen LogP contribution in [-0.4, -0.2) is 42.4 Å². The van der Waals surface area contributed by atoms with Crippen molar-refractivity contribution < 1.29 is 13.3 Å². The second-order valence-electron chi connectivity index (χ2n) is 3.77. The fourth-order valence-corrected chi connectivity index (χ4v) is 3.27. The number of nitrogens with zero attached hydrogens (tertiary/aromatic N) is 1. The molecule has 0 atom stereocenters. The predicted molar refractivity (Wildman–Crippen MR) is 69.1 cm³/mol. The van der Waals surface area contributed by atoms with Crippen molar-refractivity contribution in [3.63, 3.8) is 0 Å². The highest BCUT2D eigenvalue weighted by Crippen LogP contribution is 2.14. The van der Waals surface area contributed by atoms with Crippen molar-refractivity contribution in [3.05, 3.63) is 0 Å². The fraction of sp³-hybridized carbons (Fsp3) is 0.909. The molecule has 0 aliphatic heterocycles. The van der Waals surface area contributed by atoms with E-state index in [2.05, 4.69) is 18.8 Å². The molecule has 0 amide bonds. The number of hydrogen-bond donors (Lipinski definition) is 0. The van der Waals surface area contributed by atoms with Crippen molar-refractivity contribution in [1.29, 1.82) is 0 Å². The van der Waals surface area contributed by atoms with Gasteiger partial charge >= 0.3 is 8.80 Å². The summed E-state index contributed by atoms with van der Waals surface area (Å²) in [6.45, 7) is 5.07. The first-order chi connectivity index (χ1) is 7.64. The summed E-state index contributed by atoms with van der Waals surface area (Å²) in [5.74, 6) is 0. The maximum atomic E-state index is 5.34. The SMILES string of the molecule is CCCC(C)=NCCC[Si](OC)(OC)OC. The van der Waals surface area contributed by atoms with E-state index in [9.17, 15) is 0 Å². The summed E-state index contributed by atoms with van der Waals surface area (Å²) >= 11 is 0. The summed E-state index contributed by atoms with van der Waals surface area (Å²) < 4.78 is 16.0. The van der Waals surface area contributed by atoms with Crippen LogP contribution in [-0.2, 0) is 13.3 Å². The summed E-state index contributed by atoms with van der Waals surface area (Å²) in [4.78, 5) is 4.49. The molecule has 0 fully saturated rings. The van der Waals surface area contributed by atoms with Crippen molar-refractivity contribution in [3.8, 4) is 0 Å². The highest BCUT2D eigenvalue weighted by Gasteiger charge is 2.36. The third-order valence-corrected chi connectivity index (χ3v) is 5.40. The lowest BCUT2D eigenvalue weighted by Crippen LogP contribution is -2.42. The van der Waals surface area contributed by atoms with Crippen molar-refractivity contribution >= 4 is 14.5 Å². The van der Waals surface area contributed by atoms with Gasteiger partial charge in [0.15, 0.2) is 0 Å². The molecule has 4 nitrogen and oxygen atoms in total. The van der Waals surface area contributed by atoms with Crippen molar-refractivity contribution in [2.75, 3.05) is 27.9 Å². The average molecular weight is 247 g/mol. The number of aliphatic imine (C=N–C) groups is 1. The summed E-state index contributed by atoms with van der Waals surface area (Å²) in [6.07, 6.45) is 3.19. The molecule has 0 N–H and O–H groups in total. The molecule has 0 aliphatic rings. The largest absolute Gasteiger partial charge is 0.500 e. The Morgan fingerprint density at radius 2 is 1.69 bits per heavy atom. The molecule has 0 heterocycles. The molecule has 0 bridgehead atoms. The van der Waals surface area contributed by atoms with E-state index in [1.807, 2.05) is 0 Å². The van der Waals surface area contributed by atoms with Crippen LogP contribution in [0.1, 0.15) is 33.1 Å². The molecule has 0 saturated carbocycles. The van der Waals surface area contributed by atoms with Gasteiger partial charge in [-0.1, -0.05) is 13.3 Å². The van der Waals surface area contributed by atoms with Gasteiger partial charge < -0.3 is 13.3 Å². The first-order valence-corrected chi connectivity index (χ1v) is 7.72. The van der Waals surface area contributed by atoms with E-state index in [0.717, 1.165) is 31.9 Å². The van der Waals surface area contributed by atoms with Crippen molar-refractivity contribution in [2.24, 2.45) is 4.99 Å². The predicted octanol–water partition coefficient (Wildman–Crippen LogP) is 2.52. The Labute approximate surface area is 100 Å². The van der Waals surface area contributed by atoms with Crippen molar-refractivity contribution in [1.82, 2.24) is 0 Å². The van der Waals surface area contributed by atoms with Gasteiger partial charge in [0.25, 0.3) is 0 Å². The Balaban J connectivity index is 3.91. The van der Waals surface area contributed by atoms with E-state index in [0.29, 0.717) is 0 Å². The van der Waals surface area contributed by atoms with Gasteiger partial charge in [-0.2, -0.15) is 0 Å². The molecule has 0 rings (SSSR count). The topological polar surface area (TPSA) is 40.0 Å². The van der Waals surface area contributed by atoms with Gasteiger partial charge in [-0.25, -0.2) is 0 Å². The van der Waals surface area contributed by atoms with Gasteiger partial charge in [0.2, 0.25) is 0 Å². The molecule has 0 aliphatic carbocycles.